The molecule has 1 heterocycles. The molecular formula is C15H16Cl2N2. The first-order valence-electron chi connectivity index (χ1n) is 6.43. The SMILES string of the molecule is CC1(C)C(Cl)CC1Nc1ccnc2cc(Cl)ccc12. The van der Waals surface area contributed by atoms with E-state index in [0.29, 0.717) is 11.1 Å². The van der Waals surface area contributed by atoms with Gasteiger partial charge in [0.1, 0.15) is 0 Å². The largest absolute Gasteiger partial charge is 0.381 e. The Bertz CT molecular complexity index is 625. The van der Waals surface area contributed by atoms with Crippen molar-refractivity contribution in [3.8, 4) is 0 Å². The number of hydrogen-bond acceptors (Lipinski definition) is 2. The summed E-state index contributed by atoms with van der Waals surface area (Å²) in [6.07, 6.45) is 2.80. The zero-order valence-electron chi connectivity index (χ0n) is 11.0. The average Bonchev–Trinajstić information content (AvgIpc) is 2.38. The molecule has 4 heteroatoms. The predicted octanol–water partition coefficient (Wildman–Crippen LogP) is 4.71. The third-order valence-electron chi connectivity index (χ3n) is 4.18. The van der Waals surface area contributed by atoms with E-state index < -0.39 is 0 Å². The summed E-state index contributed by atoms with van der Waals surface area (Å²) in [4.78, 5) is 4.35. The molecule has 2 nitrogen and oxygen atoms in total. The summed E-state index contributed by atoms with van der Waals surface area (Å²) in [5.74, 6) is 0. The first-order valence-corrected chi connectivity index (χ1v) is 7.25. The van der Waals surface area contributed by atoms with Crippen LogP contribution >= 0.6 is 23.2 Å². The minimum absolute atomic E-state index is 0.115. The van der Waals surface area contributed by atoms with Crippen LogP contribution in [0.25, 0.3) is 10.9 Å². The summed E-state index contributed by atoms with van der Waals surface area (Å²) in [5, 5.41) is 5.65. The van der Waals surface area contributed by atoms with Crippen molar-refractivity contribution < 1.29 is 0 Å². The van der Waals surface area contributed by atoms with Crippen LogP contribution in [0, 0.1) is 5.41 Å². The van der Waals surface area contributed by atoms with E-state index in [2.05, 4.69) is 24.1 Å². The molecule has 3 rings (SSSR count). The number of nitrogens with one attached hydrogen (secondary N) is 1. The maximum Gasteiger partial charge on any atom is 0.0737 e. The van der Waals surface area contributed by atoms with Gasteiger partial charge in [-0.3, -0.25) is 4.98 Å². The number of fused-ring (bicyclic) bond motifs is 1. The Balaban J connectivity index is 1.94. The number of hydrogen-bond donors (Lipinski definition) is 1. The second-order valence-corrected chi connectivity index (χ2v) is 6.70. The molecule has 19 heavy (non-hydrogen) atoms. The quantitative estimate of drug-likeness (QED) is 0.812. The van der Waals surface area contributed by atoms with Crippen LogP contribution < -0.4 is 5.32 Å². The number of benzene rings is 1. The van der Waals surface area contributed by atoms with Crippen LogP contribution in [0.5, 0.6) is 0 Å². The van der Waals surface area contributed by atoms with E-state index >= 15 is 0 Å². The molecule has 0 amide bonds. The van der Waals surface area contributed by atoms with Gasteiger partial charge in [-0.1, -0.05) is 25.4 Å². The highest BCUT2D eigenvalue weighted by atomic mass is 35.5. The molecule has 0 bridgehead atoms. The van der Waals surface area contributed by atoms with Gasteiger partial charge in [0.2, 0.25) is 0 Å². The van der Waals surface area contributed by atoms with E-state index in [1.807, 2.05) is 30.5 Å². The lowest BCUT2D eigenvalue weighted by atomic mass is 9.66. The molecule has 1 aromatic carbocycles. The Morgan fingerprint density at radius 3 is 2.79 bits per heavy atom. The van der Waals surface area contributed by atoms with Crippen molar-refractivity contribution in [2.45, 2.75) is 31.7 Å². The molecular weight excluding hydrogens is 279 g/mol. The molecule has 0 aliphatic heterocycles. The van der Waals surface area contributed by atoms with Crippen molar-refractivity contribution in [1.82, 2.24) is 4.98 Å². The van der Waals surface area contributed by atoms with Gasteiger partial charge in [-0.25, -0.2) is 0 Å². The zero-order chi connectivity index (χ0) is 13.6. The second kappa shape index (κ2) is 4.53. The number of aromatic nitrogens is 1. The monoisotopic (exact) mass is 294 g/mol. The first-order chi connectivity index (χ1) is 8.98. The Morgan fingerprint density at radius 2 is 2.11 bits per heavy atom. The molecule has 1 saturated carbocycles. The highest BCUT2D eigenvalue weighted by Gasteiger charge is 2.47. The van der Waals surface area contributed by atoms with E-state index in [-0.39, 0.29) is 10.8 Å². The molecule has 1 fully saturated rings. The van der Waals surface area contributed by atoms with E-state index in [9.17, 15) is 0 Å². The average molecular weight is 295 g/mol. The number of alkyl halides is 1. The maximum atomic E-state index is 6.27. The Hall–Kier alpha value is -0.990. The fraction of sp³-hybridized carbons (Fsp3) is 0.400. The highest BCUT2D eigenvalue weighted by Crippen LogP contribution is 2.46. The number of anilines is 1. The van der Waals surface area contributed by atoms with Gasteiger partial charge in [0.25, 0.3) is 0 Å². The fourth-order valence-corrected chi connectivity index (χ4v) is 3.05. The molecule has 100 valence electrons. The van der Waals surface area contributed by atoms with Crippen molar-refractivity contribution in [3.05, 3.63) is 35.5 Å². The van der Waals surface area contributed by atoms with Crippen molar-refractivity contribution >= 4 is 39.8 Å². The summed E-state index contributed by atoms with van der Waals surface area (Å²) < 4.78 is 0. The molecule has 1 aliphatic rings. The van der Waals surface area contributed by atoms with Gasteiger partial charge in [0.15, 0.2) is 0 Å². The van der Waals surface area contributed by atoms with Crippen molar-refractivity contribution in [2.24, 2.45) is 5.41 Å². The topological polar surface area (TPSA) is 24.9 Å². The van der Waals surface area contributed by atoms with Gasteiger partial charge in [-0.2, -0.15) is 0 Å². The highest BCUT2D eigenvalue weighted by molar-refractivity contribution is 6.31. The van der Waals surface area contributed by atoms with Gasteiger partial charge in [0.05, 0.1) is 5.52 Å². The Morgan fingerprint density at radius 1 is 1.32 bits per heavy atom. The van der Waals surface area contributed by atoms with Gasteiger partial charge in [0, 0.05) is 39.1 Å². The smallest absolute Gasteiger partial charge is 0.0737 e. The van der Waals surface area contributed by atoms with Crippen LogP contribution in [-0.4, -0.2) is 16.4 Å². The first kappa shape index (κ1) is 13.0. The van der Waals surface area contributed by atoms with Gasteiger partial charge >= 0.3 is 0 Å². The van der Waals surface area contributed by atoms with E-state index in [1.165, 1.54) is 0 Å². The molecule has 0 spiro atoms. The normalized spacial score (nSPS) is 25.1. The van der Waals surface area contributed by atoms with Crippen LogP contribution in [0.4, 0.5) is 5.69 Å². The lowest BCUT2D eigenvalue weighted by Gasteiger charge is -2.49. The van der Waals surface area contributed by atoms with Crippen LogP contribution in [0.1, 0.15) is 20.3 Å². The number of rotatable bonds is 2. The lowest BCUT2D eigenvalue weighted by molar-refractivity contribution is 0.168. The third-order valence-corrected chi connectivity index (χ3v) is 5.16. The van der Waals surface area contributed by atoms with Crippen molar-refractivity contribution in [3.63, 3.8) is 0 Å². The van der Waals surface area contributed by atoms with Gasteiger partial charge in [-0.15, -0.1) is 11.6 Å². The molecule has 1 N–H and O–H groups in total. The number of nitrogens with zero attached hydrogens (tertiary/aromatic N) is 1. The van der Waals surface area contributed by atoms with Crippen LogP contribution in [0.3, 0.4) is 0 Å². The summed E-state index contributed by atoms with van der Waals surface area (Å²) in [6, 6.07) is 8.20. The van der Waals surface area contributed by atoms with Crippen LogP contribution in [0.15, 0.2) is 30.5 Å². The summed E-state index contributed by atoms with van der Waals surface area (Å²) >= 11 is 12.3. The maximum absolute atomic E-state index is 6.27. The lowest BCUT2D eigenvalue weighted by Crippen LogP contribution is -2.54. The standard InChI is InChI=1S/C15H16Cl2N2/c1-15(2)13(17)8-14(15)19-11-5-6-18-12-7-9(16)3-4-10(11)12/h3-7,13-14H,8H2,1-2H3,(H,18,19). The Labute approximate surface area is 123 Å². The number of pyridine rings is 1. The Kier molecular flexibility index (Phi) is 3.11. The van der Waals surface area contributed by atoms with Crippen molar-refractivity contribution in [1.29, 1.82) is 0 Å². The minimum Gasteiger partial charge on any atom is -0.381 e. The van der Waals surface area contributed by atoms with Crippen LogP contribution in [0.2, 0.25) is 5.02 Å². The van der Waals surface area contributed by atoms with Gasteiger partial charge in [-0.05, 0) is 30.7 Å². The molecule has 1 aromatic heterocycles. The van der Waals surface area contributed by atoms with Crippen LogP contribution in [-0.2, 0) is 0 Å². The molecule has 0 radical (unpaired) electrons. The molecule has 1 aliphatic carbocycles. The molecule has 2 aromatic rings. The van der Waals surface area contributed by atoms with E-state index in [0.717, 1.165) is 23.0 Å². The third kappa shape index (κ3) is 2.17. The summed E-state index contributed by atoms with van der Waals surface area (Å²) in [5.41, 5.74) is 2.13. The minimum atomic E-state index is 0.115. The molecule has 2 atom stereocenters. The summed E-state index contributed by atoms with van der Waals surface area (Å²) in [6.45, 7) is 4.40. The second-order valence-electron chi connectivity index (χ2n) is 5.74. The van der Waals surface area contributed by atoms with Gasteiger partial charge < -0.3 is 5.32 Å². The zero-order valence-corrected chi connectivity index (χ0v) is 12.5. The number of halogens is 2. The summed E-state index contributed by atoms with van der Waals surface area (Å²) in [7, 11) is 0. The van der Waals surface area contributed by atoms with Crippen molar-refractivity contribution in [2.75, 3.05) is 5.32 Å². The predicted molar refractivity (Wildman–Crippen MR) is 82.2 cm³/mol. The molecule has 0 saturated heterocycles. The van der Waals surface area contributed by atoms with E-state index in [4.69, 9.17) is 23.2 Å². The molecule has 2 unspecified atom stereocenters. The van der Waals surface area contributed by atoms with E-state index in [1.54, 1.807) is 0 Å². The fourth-order valence-electron chi connectivity index (χ4n) is 2.55.